The molecule has 1 nitrogen and oxygen atoms in total. The highest BCUT2D eigenvalue weighted by molar-refractivity contribution is 5.71. The summed E-state index contributed by atoms with van der Waals surface area (Å²) < 4.78 is 0. The van der Waals surface area contributed by atoms with Crippen molar-refractivity contribution in [3.05, 3.63) is 83.4 Å². The number of hydrogen-bond acceptors (Lipinski definition) is 1. The molecule has 3 rings (SSSR count). The number of fused-ring (bicyclic) bond motifs is 1. The maximum absolute atomic E-state index is 2.40. The summed E-state index contributed by atoms with van der Waals surface area (Å²) in [4.78, 5) is 2.37. The Hall–Kier alpha value is -2.12. The fraction of sp³-hybridized carbons (Fsp3) is 0.238. The van der Waals surface area contributed by atoms with Crippen molar-refractivity contribution in [2.45, 2.75) is 12.8 Å². The van der Waals surface area contributed by atoms with Gasteiger partial charge >= 0.3 is 0 Å². The van der Waals surface area contributed by atoms with E-state index in [2.05, 4.69) is 84.8 Å². The number of rotatable bonds is 5. The van der Waals surface area contributed by atoms with Crippen LogP contribution in [0.1, 0.15) is 23.1 Å². The Kier molecular flexibility index (Phi) is 4.87. The Balaban J connectivity index is 1.59. The van der Waals surface area contributed by atoms with Crippen LogP contribution in [-0.2, 0) is 6.42 Å². The van der Waals surface area contributed by atoms with Crippen molar-refractivity contribution in [2.24, 2.45) is 0 Å². The summed E-state index contributed by atoms with van der Waals surface area (Å²) in [7, 11) is 2.19. The standard InChI is InChI=1S/C21H23N/c1-22(16-8-11-18-9-3-2-4-10-18)17-20-14-7-13-19-12-5-6-15-21(19)20/h2-6,8-12,14-15H,7,13,16-17H2,1H3/b11-8+. The maximum Gasteiger partial charge on any atom is 0.0236 e. The van der Waals surface area contributed by atoms with Crippen molar-refractivity contribution < 1.29 is 0 Å². The maximum atomic E-state index is 2.40. The van der Waals surface area contributed by atoms with Crippen LogP contribution in [0.5, 0.6) is 0 Å². The van der Waals surface area contributed by atoms with Gasteiger partial charge in [0, 0.05) is 13.1 Å². The second kappa shape index (κ2) is 7.24. The Labute approximate surface area is 133 Å². The highest BCUT2D eigenvalue weighted by Gasteiger charge is 2.12. The predicted octanol–water partition coefficient (Wildman–Crippen LogP) is 4.66. The van der Waals surface area contributed by atoms with Crippen molar-refractivity contribution in [3.63, 3.8) is 0 Å². The van der Waals surface area contributed by atoms with Gasteiger partial charge in [-0.1, -0.05) is 72.8 Å². The molecule has 0 fully saturated rings. The second-order valence-corrected chi connectivity index (χ2v) is 5.93. The van der Waals surface area contributed by atoms with E-state index in [9.17, 15) is 0 Å². The fourth-order valence-electron chi connectivity index (χ4n) is 3.00. The first-order valence-corrected chi connectivity index (χ1v) is 8.00. The molecule has 112 valence electrons. The smallest absolute Gasteiger partial charge is 0.0236 e. The Bertz CT molecular complexity index is 667. The highest BCUT2D eigenvalue weighted by atomic mass is 15.1. The number of aryl methyl sites for hydroxylation is 1. The number of hydrogen-bond donors (Lipinski definition) is 0. The van der Waals surface area contributed by atoms with Crippen LogP contribution in [0.15, 0.2) is 66.7 Å². The molecule has 0 spiro atoms. The van der Waals surface area contributed by atoms with Gasteiger partial charge in [-0.15, -0.1) is 0 Å². The van der Waals surface area contributed by atoms with Gasteiger partial charge in [0.2, 0.25) is 0 Å². The van der Waals surface area contributed by atoms with Crippen LogP contribution in [0.2, 0.25) is 0 Å². The minimum absolute atomic E-state index is 0.967. The van der Waals surface area contributed by atoms with E-state index in [1.54, 1.807) is 0 Å². The van der Waals surface area contributed by atoms with Gasteiger partial charge in [0.05, 0.1) is 0 Å². The summed E-state index contributed by atoms with van der Waals surface area (Å²) in [5.41, 5.74) is 5.66. The van der Waals surface area contributed by atoms with E-state index in [1.165, 1.54) is 35.1 Å². The predicted molar refractivity (Wildman–Crippen MR) is 95.7 cm³/mol. The molecule has 0 saturated heterocycles. The van der Waals surface area contributed by atoms with Gasteiger partial charge in [-0.3, -0.25) is 4.90 Å². The number of allylic oxidation sites excluding steroid dienone is 1. The lowest BCUT2D eigenvalue weighted by molar-refractivity contribution is 0.418. The van der Waals surface area contributed by atoms with Crippen molar-refractivity contribution in [1.82, 2.24) is 4.90 Å². The van der Waals surface area contributed by atoms with Gasteiger partial charge in [0.1, 0.15) is 0 Å². The topological polar surface area (TPSA) is 3.24 Å². The zero-order valence-electron chi connectivity index (χ0n) is 13.2. The van der Waals surface area contributed by atoms with Crippen LogP contribution < -0.4 is 0 Å². The minimum atomic E-state index is 0.967. The molecule has 1 aliphatic rings. The molecule has 1 heteroatoms. The van der Waals surface area contributed by atoms with Crippen LogP contribution >= 0.6 is 0 Å². The van der Waals surface area contributed by atoms with Crippen LogP contribution in [0.3, 0.4) is 0 Å². The quantitative estimate of drug-likeness (QED) is 0.773. The number of benzene rings is 2. The lowest BCUT2D eigenvalue weighted by Gasteiger charge is -2.22. The summed E-state index contributed by atoms with van der Waals surface area (Å²) >= 11 is 0. The van der Waals surface area contributed by atoms with Crippen molar-refractivity contribution in [1.29, 1.82) is 0 Å². The largest absolute Gasteiger partial charge is 0.298 e. The zero-order chi connectivity index (χ0) is 15.2. The van der Waals surface area contributed by atoms with Crippen LogP contribution in [0, 0.1) is 0 Å². The minimum Gasteiger partial charge on any atom is -0.298 e. The lowest BCUT2D eigenvalue weighted by atomic mass is 9.90. The molecule has 0 N–H and O–H groups in total. The third kappa shape index (κ3) is 3.75. The molecule has 0 atom stereocenters. The molecular formula is C21H23N. The summed E-state index contributed by atoms with van der Waals surface area (Å²) in [5, 5.41) is 0. The summed E-state index contributed by atoms with van der Waals surface area (Å²) in [6.07, 6.45) is 9.18. The molecule has 0 unspecified atom stereocenters. The highest BCUT2D eigenvalue weighted by Crippen LogP contribution is 2.26. The first-order chi connectivity index (χ1) is 10.8. The van der Waals surface area contributed by atoms with Gasteiger partial charge in [0.15, 0.2) is 0 Å². The molecule has 0 aromatic heterocycles. The fourth-order valence-corrected chi connectivity index (χ4v) is 3.00. The van der Waals surface area contributed by atoms with E-state index < -0.39 is 0 Å². The van der Waals surface area contributed by atoms with Crippen molar-refractivity contribution in [2.75, 3.05) is 20.1 Å². The molecule has 0 aliphatic heterocycles. The second-order valence-electron chi connectivity index (χ2n) is 5.93. The lowest BCUT2D eigenvalue weighted by Crippen LogP contribution is -2.21. The summed E-state index contributed by atoms with van der Waals surface area (Å²) in [5.74, 6) is 0. The summed E-state index contributed by atoms with van der Waals surface area (Å²) in [6, 6.07) is 19.3. The Morgan fingerprint density at radius 2 is 1.77 bits per heavy atom. The van der Waals surface area contributed by atoms with E-state index in [0.717, 1.165) is 13.1 Å². The average Bonchev–Trinajstić information content (AvgIpc) is 2.56. The van der Waals surface area contributed by atoms with Crippen molar-refractivity contribution >= 4 is 11.6 Å². The van der Waals surface area contributed by atoms with E-state index in [1.807, 2.05) is 0 Å². The molecular weight excluding hydrogens is 266 g/mol. The van der Waals surface area contributed by atoms with E-state index in [0.29, 0.717) is 0 Å². The monoisotopic (exact) mass is 289 g/mol. The van der Waals surface area contributed by atoms with E-state index in [4.69, 9.17) is 0 Å². The first kappa shape index (κ1) is 14.8. The molecule has 2 aromatic rings. The number of likely N-dealkylation sites (N-methyl/N-ethyl adjacent to an activating group) is 1. The van der Waals surface area contributed by atoms with Gasteiger partial charge in [-0.2, -0.15) is 0 Å². The van der Waals surface area contributed by atoms with Gasteiger partial charge in [-0.05, 0) is 42.2 Å². The molecule has 0 radical (unpaired) electrons. The van der Waals surface area contributed by atoms with E-state index >= 15 is 0 Å². The van der Waals surface area contributed by atoms with Gasteiger partial charge in [-0.25, -0.2) is 0 Å². The SMILES string of the molecule is CN(C/C=C/c1ccccc1)CC1=CCCc2ccccc21. The molecule has 1 aliphatic carbocycles. The molecule has 2 aromatic carbocycles. The van der Waals surface area contributed by atoms with Crippen LogP contribution in [0.25, 0.3) is 11.6 Å². The third-order valence-corrected chi connectivity index (χ3v) is 4.13. The first-order valence-electron chi connectivity index (χ1n) is 8.00. The zero-order valence-corrected chi connectivity index (χ0v) is 13.2. The normalized spacial score (nSPS) is 14.2. The molecule has 0 heterocycles. The van der Waals surface area contributed by atoms with Gasteiger partial charge < -0.3 is 0 Å². The molecule has 22 heavy (non-hydrogen) atoms. The Morgan fingerprint density at radius 1 is 1.00 bits per heavy atom. The third-order valence-electron chi connectivity index (χ3n) is 4.13. The van der Waals surface area contributed by atoms with Crippen molar-refractivity contribution in [3.8, 4) is 0 Å². The Morgan fingerprint density at radius 3 is 2.64 bits per heavy atom. The van der Waals surface area contributed by atoms with E-state index in [-0.39, 0.29) is 0 Å². The molecule has 0 saturated carbocycles. The van der Waals surface area contributed by atoms with Crippen LogP contribution in [0.4, 0.5) is 0 Å². The summed E-state index contributed by atoms with van der Waals surface area (Å²) in [6.45, 7) is 1.98. The molecule has 0 bridgehead atoms. The van der Waals surface area contributed by atoms with Gasteiger partial charge in [0.25, 0.3) is 0 Å². The van der Waals surface area contributed by atoms with Crippen LogP contribution in [-0.4, -0.2) is 25.0 Å². The molecule has 0 amide bonds. The number of nitrogens with zero attached hydrogens (tertiary/aromatic N) is 1. The average molecular weight is 289 g/mol.